The predicted molar refractivity (Wildman–Crippen MR) is 80.6 cm³/mol. The third-order valence-electron chi connectivity index (χ3n) is 2.88. The lowest BCUT2D eigenvalue weighted by molar-refractivity contribution is 1.15. The molecule has 4 heteroatoms. The van der Waals surface area contributed by atoms with E-state index >= 15 is 0 Å². The number of aryl methyl sites for hydroxylation is 1. The van der Waals surface area contributed by atoms with Gasteiger partial charge in [-0.1, -0.05) is 6.92 Å². The molecule has 0 saturated carbocycles. The van der Waals surface area contributed by atoms with E-state index in [2.05, 4.69) is 46.9 Å². The summed E-state index contributed by atoms with van der Waals surface area (Å²) in [6, 6.07) is 8.59. The van der Waals surface area contributed by atoms with Gasteiger partial charge in [0, 0.05) is 26.0 Å². The number of aromatic nitrogens is 1. The van der Waals surface area contributed by atoms with E-state index in [0.29, 0.717) is 0 Å². The standard InChI is InChI=1S/C14H14N2S2/c1-2-10-3-4-11(18-10)9-16-14-12-6-8-17-13(12)5-7-15-14/h3-8H,2,9H2,1H3,(H,15,16). The maximum absolute atomic E-state index is 4.42. The van der Waals surface area contributed by atoms with E-state index in [9.17, 15) is 0 Å². The molecule has 0 aliphatic heterocycles. The lowest BCUT2D eigenvalue weighted by Crippen LogP contribution is -1.99. The first-order chi connectivity index (χ1) is 8.86. The van der Waals surface area contributed by atoms with Crippen LogP contribution >= 0.6 is 22.7 Å². The van der Waals surface area contributed by atoms with Crippen molar-refractivity contribution in [3.63, 3.8) is 0 Å². The Labute approximate surface area is 114 Å². The lowest BCUT2D eigenvalue weighted by Gasteiger charge is -2.04. The Morgan fingerprint density at radius 1 is 1.17 bits per heavy atom. The second-order valence-electron chi connectivity index (χ2n) is 4.07. The summed E-state index contributed by atoms with van der Waals surface area (Å²) in [5, 5.41) is 6.76. The zero-order chi connectivity index (χ0) is 12.4. The van der Waals surface area contributed by atoms with Crippen molar-refractivity contribution in [3.8, 4) is 0 Å². The third kappa shape index (κ3) is 2.26. The monoisotopic (exact) mass is 274 g/mol. The van der Waals surface area contributed by atoms with Gasteiger partial charge in [-0.15, -0.1) is 22.7 Å². The topological polar surface area (TPSA) is 24.9 Å². The van der Waals surface area contributed by atoms with Crippen LogP contribution in [0.3, 0.4) is 0 Å². The molecule has 0 saturated heterocycles. The van der Waals surface area contributed by atoms with Gasteiger partial charge >= 0.3 is 0 Å². The van der Waals surface area contributed by atoms with Crippen LogP contribution in [0.15, 0.2) is 35.8 Å². The fourth-order valence-electron chi connectivity index (χ4n) is 1.91. The van der Waals surface area contributed by atoms with Crippen LogP contribution in [0, 0.1) is 0 Å². The molecule has 0 fully saturated rings. The highest BCUT2D eigenvalue weighted by atomic mass is 32.1. The Kier molecular flexibility index (Phi) is 3.30. The Morgan fingerprint density at radius 2 is 2.06 bits per heavy atom. The van der Waals surface area contributed by atoms with E-state index in [1.807, 2.05) is 17.5 Å². The second-order valence-corrected chi connectivity index (χ2v) is 6.27. The van der Waals surface area contributed by atoms with Gasteiger partial charge in [0.1, 0.15) is 5.82 Å². The zero-order valence-electron chi connectivity index (χ0n) is 10.1. The van der Waals surface area contributed by atoms with Gasteiger partial charge in [-0.05, 0) is 36.1 Å². The molecular weight excluding hydrogens is 260 g/mol. The van der Waals surface area contributed by atoms with E-state index in [-0.39, 0.29) is 0 Å². The molecule has 0 unspecified atom stereocenters. The highest BCUT2D eigenvalue weighted by molar-refractivity contribution is 7.17. The molecular formula is C14H14N2S2. The summed E-state index contributed by atoms with van der Waals surface area (Å²) in [5.41, 5.74) is 0. The Hall–Kier alpha value is -1.39. The van der Waals surface area contributed by atoms with Gasteiger partial charge in [0.05, 0.1) is 6.54 Å². The van der Waals surface area contributed by atoms with Crippen LogP contribution in [0.25, 0.3) is 10.1 Å². The molecule has 0 bridgehead atoms. The van der Waals surface area contributed by atoms with Crippen LogP contribution in [-0.4, -0.2) is 4.98 Å². The average Bonchev–Trinajstić information content (AvgIpc) is 3.05. The quantitative estimate of drug-likeness (QED) is 0.756. The van der Waals surface area contributed by atoms with Crippen molar-refractivity contribution in [1.29, 1.82) is 0 Å². The average molecular weight is 274 g/mol. The molecule has 2 nitrogen and oxygen atoms in total. The van der Waals surface area contributed by atoms with E-state index < -0.39 is 0 Å². The number of anilines is 1. The van der Waals surface area contributed by atoms with Gasteiger partial charge in [0.25, 0.3) is 0 Å². The minimum Gasteiger partial charge on any atom is -0.365 e. The zero-order valence-corrected chi connectivity index (χ0v) is 11.8. The van der Waals surface area contributed by atoms with Crippen molar-refractivity contribution in [3.05, 3.63) is 45.6 Å². The number of pyridine rings is 1. The van der Waals surface area contributed by atoms with E-state index in [4.69, 9.17) is 0 Å². The van der Waals surface area contributed by atoms with Crippen molar-refractivity contribution >= 4 is 38.6 Å². The van der Waals surface area contributed by atoms with E-state index in [1.165, 1.54) is 19.8 Å². The van der Waals surface area contributed by atoms with Crippen LogP contribution < -0.4 is 5.32 Å². The van der Waals surface area contributed by atoms with Gasteiger partial charge in [-0.25, -0.2) is 4.98 Å². The Morgan fingerprint density at radius 3 is 2.89 bits per heavy atom. The highest BCUT2D eigenvalue weighted by Gasteiger charge is 2.04. The predicted octanol–water partition coefficient (Wildman–Crippen LogP) is 4.53. The van der Waals surface area contributed by atoms with Crippen molar-refractivity contribution in [1.82, 2.24) is 4.98 Å². The minimum atomic E-state index is 0.854. The summed E-state index contributed by atoms with van der Waals surface area (Å²) in [7, 11) is 0. The maximum Gasteiger partial charge on any atom is 0.134 e. The first kappa shape index (κ1) is 11.7. The normalized spacial score (nSPS) is 10.9. The van der Waals surface area contributed by atoms with Crippen LogP contribution in [0.2, 0.25) is 0 Å². The summed E-state index contributed by atoms with van der Waals surface area (Å²) in [4.78, 5) is 7.22. The van der Waals surface area contributed by atoms with Crippen LogP contribution in [0.1, 0.15) is 16.7 Å². The molecule has 0 aromatic carbocycles. The molecule has 0 radical (unpaired) electrons. The summed E-state index contributed by atoms with van der Waals surface area (Å²) < 4.78 is 1.29. The summed E-state index contributed by atoms with van der Waals surface area (Å²) >= 11 is 3.63. The number of thiophene rings is 2. The van der Waals surface area contributed by atoms with Crippen molar-refractivity contribution in [2.75, 3.05) is 5.32 Å². The molecule has 0 aliphatic rings. The molecule has 18 heavy (non-hydrogen) atoms. The van der Waals surface area contributed by atoms with Gasteiger partial charge in [-0.2, -0.15) is 0 Å². The minimum absolute atomic E-state index is 0.854. The molecule has 0 aliphatic carbocycles. The van der Waals surface area contributed by atoms with Crippen molar-refractivity contribution < 1.29 is 0 Å². The first-order valence-corrected chi connectivity index (χ1v) is 7.70. The van der Waals surface area contributed by atoms with Crippen LogP contribution in [0.4, 0.5) is 5.82 Å². The number of nitrogens with one attached hydrogen (secondary N) is 1. The van der Waals surface area contributed by atoms with Gasteiger partial charge in [0.2, 0.25) is 0 Å². The molecule has 3 aromatic rings. The smallest absolute Gasteiger partial charge is 0.134 e. The molecule has 3 rings (SSSR count). The summed E-state index contributed by atoms with van der Waals surface area (Å²) in [5.74, 6) is 0.986. The molecule has 0 amide bonds. The second kappa shape index (κ2) is 5.08. The Bertz CT molecular complexity index is 654. The maximum atomic E-state index is 4.42. The van der Waals surface area contributed by atoms with Crippen LogP contribution in [0.5, 0.6) is 0 Å². The summed E-state index contributed by atoms with van der Waals surface area (Å²) in [6.07, 6.45) is 2.98. The fourth-order valence-corrected chi connectivity index (χ4v) is 3.59. The number of hydrogen-bond acceptors (Lipinski definition) is 4. The van der Waals surface area contributed by atoms with Gasteiger partial charge < -0.3 is 5.32 Å². The van der Waals surface area contributed by atoms with Gasteiger partial charge in [-0.3, -0.25) is 0 Å². The molecule has 0 atom stereocenters. The molecule has 3 aromatic heterocycles. The summed E-state index contributed by atoms with van der Waals surface area (Å²) in [6.45, 7) is 3.04. The molecule has 0 spiro atoms. The number of rotatable bonds is 4. The van der Waals surface area contributed by atoms with Crippen molar-refractivity contribution in [2.24, 2.45) is 0 Å². The lowest BCUT2D eigenvalue weighted by atomic mass is 10.3. The molecule has 92 valence electrons. The highest BCUT2D eigenvalue weighted by Crippen LogP contribution is 2.26. The van der Waals surface area contributed by atoms with Crippen molar-refractivity contribution in [2.45, 2.75) is 19.9 Å². The number of fused-ring (bicyclic) bond motifs is 1. The number of hydrogen-bond donors (Lipinski definition) is 1. The fraction of sp³-hybridized carbons (Fsp3) is 0.214. The number of nitrogens with zero attached hydrogens (tertiary/aromatic N) is 1. The largest absolute Gasteiger partial charge is 0.365 e. The SMILES string of the molecule is CCc1ccc(CNc2nccc3sccc23)s1. The Balaban J connectivity index is 1.78. The molecule has 3 heterocycles. The van der Waals surface area contributed by atoms with Gasteiger partial charge in [0.15, 0.2) is 0 Å². The van der Waals surface area contributed by atoms with E-state index in [0.717, 1.165) is 18.8 Å². The third-order valence-corrected chi connectivity index (χ3v) is 4.99. The molecule has 1 N–H and O–H groups in total. The van der Waals surface area contributed by atoms with E-state index in [1.54, 1.807) is 11.3 Å². The van der Waals surface area contributed by atoms with Crippen LogP contribution in [-0.2, 0) is 13.0 Å². The first-order valence-electron chi connectivity index (χ1n) is 6.00.